The molecular formula is C13H18F3NO2. The Kier molecular flexibility index (Phi) is 5.05. The predicted octanol–water partition coefficient (Wildman–Crippen LogP) is 3.17. The summed E-state index contributed by atoms with van der Waals surface area (Å²) in [4.78, 5) is 0. The highest BCUT2D eigenvalue weighted by atomic mass is 19.4. The summed E-state index contributed by atoms with van der Waals surface area (Å²) in [5.74, 6) is 0.0503. The molecule has 0 bridgehead atoms. The van der Waals surface area contributed by atoms with Crippen LogP contribution in [0.3, 0.4) is 0 Å². The highest BCUT2D eigenvalue weighted by molar-refractivity contribution is 5.49. The van der Waals surface area contributed by atoms with E-state index in [1.165, 1.54) is 20.3 Å². The Labute approximate surface area is 110 Å². The van der Waals surface area contributed by atoms with E-state index in [4.69, 9.17) is 15.2 Å². The summed E-state index contributed by atoms with van der Waals surface area (Å²) in [6.45, 7) is 2.04. The topological polar surface area (TPSA) is 44.5 Å². The molecule has 0 aliphatic carbocycles. The average molecular weight is 277 g/mol. The predicted molar refractivity (Wildman–Crippen MR) is 66.6 cm³/mol. The second kappa shape index (κ2) is 6.14. The molecule has 0 aliphatic heterocycles. The molecule has 1 aromatic carbocycles. The van der Waals surface area contributed by atoms with Crippen molar-refractivity contribution < 1.29 is 22.6 Å². The lowest BCUT2D eigenvalue weighted by molar-refractivity contribution is -0.138. The number of rotatable bonds is 5. The van der Waals surface area contributed by atoms with Crippen LogP contribution in [0.4, 0.5) is 13.2 Å². The second-order valence-corrected chi connectivity index (χ2v) is 4.27. The molecule has 0 saturated heterocycles. The Balaban J connectivity index is 3.40. The molecule has 0 radical (unpaired) electrons. The van der Waals surface area contributed by atoms with Gasteiger partial charge in [-0.15, -0.1) is 0 Å². The van der Waals surface area contributed by atoms with Gasteiger partial charge in [-0.25, -0.2) is 0 Å². The minimum atomic E-state index is -4.43. The molecular weight excluding hydrogens is 259 g/mol. The maximum Gasteiger partial charge on any atom is 0.416 e. The van der Waals surface area contributed by atoms with E-state index in [1.807, 2.05) is 0 Å². The molecule has 0 amide bonds. The van der Waals surface area contributed by atoms with Gasteiger partial charge in [0.1, 0.15) is 0 Å². The molecule has 1 aromatic rings. The number of ether oxygens (including phenoxy) is 2. The molecule has 0 saturated carbocycles. The monoisotopic (exact) mass is 277 g/mol. The van der Waals surface area contributed by atoms with Crippen molar-refractivity contribution in [1.29, 1.82) is 0 Å². The third-order valence-corrected chi connectivity index (χ3v) is 2.99. The summed E-state index contributed by atoms with van der Waals surface area (Å²) in [5, 5.41) is 0. The molecule has 0 aliphatic rings. The van der Waals surface area contributed by atoms with Crippen LogP contribution in [0, 0.1) is 0 Å². The minimum absolute atomic E-state index is 0.0681. The molecule has 1 unspecified atom stereocenters. The molecule has 108 valence electrons. The van der Waals surface area contributed by atoms with Crippen LogP contribution in [0.25, 0.3) is 0 Å². The van der Waals surface area contributed by atoms with Crippen LogP contribution in [0.2, 0.25) is 0 Å². The molecule has 0 fully saturated rings. The molecule has 2 N–H and O–H groups in total. The van der Waals surface area contributed by atoms with Crippen LogP contribution in [0.1, 0.15) is 30.4 Å². The van der Waals surface area contributed by atoms with Gasteiger partial charge < -0.3 is 15.2 Å². The van der Waals surface area contributed by atoms with Crippen LogP contribution in [0.15, 0.2) is 12.1 Å². The fourth-order valence-electron chi connectivity index (χ4n) is 1.95. The first kappa shape index (κ1) is 15.6. The lowest BCUT2D eigenvalue weighted by Crippen LogP contribution is -2.14. The summed E-state index contributed by atoms with van der Waals surface area (Å²) in [6.07, 6.45) is -3.96. The number of halogens is 3. The molecule has 1 atom stereocenters. The van der Waals surface area contributed by atoms with E-state index in [0.717, 1.165) is 6.07 Å². The Morgan fingerprint density at radius 3 is 2.11 bits per heavy atom. The van der Waals surface area contributed by atoms with Gasteiger partial charge in [0, 0.05) is 0 Å². The number of alkyl halides is 3. The maximum atomic E-state index is 13.1. The summed E-state index contributed by atoms with van der Waals surface area (Å²) >= 11 is 0. The summed E-state index contributed by atoms with van der Waals surface area (Å²) < 4.78 is 49.2. The molecule has 6 heteroatoms. The average Bonchev–Trinajstić information content (AvgIpc) is 2.36. The second-order valence-electron chi connectivity index (χ2n) is 4.27. The van der Waals surface area contributed by atoms with Crippen molar-refractivity contribution in [2.24, 2.45) is 5.73 Å². The molecule has 0 heterocycles. The van der Waals surface area contributed by atoms with Gasteiger partial charge >= 0.3 is 6.18 Å². The van der Waals surface area contributed by atoms with Gasteiger partial charge in [-0.05, 0) is 36.6 Å². The highest BCUT2D eigenvalue weighted by Gasteiger charge is 2.35. The molecule has 3 nitrogen and oxygen atoms in total. The number of nitrogens with two attached hydrogens (primary N) is 1. The van der Waals surface area contributed by atoms with Crippen LogP contribution in [-0.2, 0) is 6.18 Å². The Bertz CT molecular complexity index is 433. The lowest BCUT2D eigenvalue weighted by atomic mass is 9.92. The Hall–Kier alpha value is -1.43. The number of benzene rings is 1. The number of hydrogen-bond acceptors (Lipinski definition) is 3. The highest BCUT2D eigenvalue weighted by Crippen LogP contribution is 2.42. The van der Waals surface area contributed by atoms with Crippen molar-refractivity contribution in [3.05, 3.63) is 23.3 Å². The van der Waals surface area contributed by atoms with Crippen molar-refractivity contribution in [3.8, 4) is 11.5 Å². The first-order valence-electron chi connectivity index (χ1n) is 5.88. The molecule has 1 rings (SSSR count). The summed E-state index contributed by atoms with van der Waals surface area (Å²) in [7, 11) is 2.70. The standard InChI is InChI=1S/C13H18F3NO2/c1-8(4-5-17)9-6-11(18-2)12(19-3)7-10(9)13(14,15)16/h6-8H,4-5,17H2,1-3H3. The van der Waals surface area contributed by atoms with Gasteiger partial charge in [0.2, 0.25) is 0 Å². The van der Waals surface area contributed by atoms with E-state index >= 15 is 0 Å². The van der Waals surface area contributed by atoms with E-state index in [9.17, 15) is 13.2 Å². The first-order chi connectivity index (χ1) is 8.85. The van der Waals surface area contributed by atoms with Gasteiger partial charge in [0.05, 0.1) is 19.8 Å². The van der Waals surface area contributed by atoms with E-state index in [2.05, 4.69) is 0 Å². The van der Waals surface area contributed by atoms with E-state index < -0.39 is 11.7 Å². The third kappa shape index (κ3) is 3.53. The van der Waals surface area contributed by atoms with Gasteiger partial charge in [-0.3, -0.25) is 0 Å². The fraction of sp³-hybridized carbons (Fsp3) is 0.538. The van der Waals surface area contributed by atoms with Crippen LogP contribution in [-0.4, -0.2) is 20.8 Å². The molecule has 19 heavy (non-hydrogen) atoms. The zero-order valence-corrected chi connectivity index (χ0v) is 11.2. The van der Waals surface area contributed by atoms with Crippen LogP contribution in [0.5, 0.6) is 11.5 Å². The van der Waals surface area contributed by atoms with E-state index in [0.29, 0.717) is 13.0 Å². The van der Waals surface area contributed by atoms with Crippen molar-refractivity contribution in [3.63, 3.8) is 0 Å². The van der Waals surface area contributed by atoms with Crippen molar-refractivity contribution in [2.75, 3.05) is 20.8 Å². The smallest absolute Gasteiger partial charge is 0.416 e. The lowest BCUT2D eigenvalue weighted by Gasteiger charge is -2.20. The zero-order chi connectivity index (χ0) is 14.6. The summed E-state index contributed by atoms with van der Waals surface area (Å²) in [6, 6.07) is 2.35. The Morgan fingerprint density at radius 2 is 1.68 bits per heavy atom. The van der Waals surface area contributed by atoms with Gasteiger partial charge in [-0.2, -0.15) is 13.2 Å². The zero-order valence-electron chi connectivity index (χ0n) is 11.2. The van der Waals surface area contributed by atoms with Gasteiger partial charge in [0.15, 0.2) is 11.5 Å². The summed E-state index contributed by atoms with van der Waals surface area (Å²) in [5.41, 5.74) is 4.89. The van der Waals surface area contributed by atoms with Gasteiger partial charge in [-0.1, -0.05) is 6.92 Å². The van der Waals surface area contributed by atoms with Crippen LogP contribution < -0.4 is 15.2 Å². The first-order valence-corrected chi connectivity index (χ1v) is 5.88. The van der Waals surface area contributed by atoms with Crippen molar-refractivity contribution >= 4 is 0 Å². The van der Waals surface area contributed by atoms with Crippen LogP contribution >= 0.6 is 0 Å². The molecule has 0 spiro atoms. The maximum absolute atomic E-state index is 13.1. The van der Waals surface area contributed by atoms with Crippen molar-refractivity contribution in [1.82, 2.24) is 0 Å². The normalized spacial score (nSPS) is 13.2. The van der Waals surface area contributed by atoms with E-state index in [-0.39, 0.29) is 23.0 Å². The number of methoxy groups -OCH3 is 2. The third-order valence-electron chi connectivity index (χ3n) is 2.99. The van der Waals surface area contributed by atoms with Gasteiger partial charge in [0.25, 0.3) is 0 Å². The largest absolute Gasteiger partial charge is 0.493 e. The fourth-order valence-corrected chi connectivity index (χ4v) is 1.95. The minimum Gasteiger partial charge on any atom is -0.493 e. The number of hydrogen-bond donors (Lipinski definition) is 1. The van der Waals surface area contributed by atoms with Crippen molar-refractivity contribution in [2.45, 2.75) is 25.4 Å². The Morgan fingerprint density at radius 1 is 1.16 bits per heavy atom. The quantitative estimate of drug-likeness (QED) is 0.899. The molecule has 0 aromatic heterocycles. The van der Waals surface area contributed by atoms with E-state index in [1.54, 1.807) is 6.92 Å². The SMILES string of the molecule is COc1cc(C(C)CCN)c(C(F)(F)F)cc1OC.